The average molecular weight is 295 g/mol. The Labute approximate surface area is 125 Å². The molecule has 2 N–H and O–H groups in total. The third kappa shape index (κ3) is 2.85. The third-order valence-corrected chi connectivity index (χ3v) is 5.28. The molecule has 1 aliphatic carbocycles. The van der Waals surface area contributed by atoms with Crippen molar-refractivity contribution >= 4 is 11.6 Å². The van der Waals surface area contributed by atoms with Gasteiger partial charge in [-0.25, -0.2) is 0 Å². The van der Waals surface area contributed by atoms with Crippen LogP contribution in [0.2, 0.25) is 5.02 Å². The van der Waals surface area contributed by atoms with Gasteiger partial charge < -0.3 is 10.5 Å². The van der Waals surface area contributed by atoms with Crippen LogP contribution in [0, 0.1) is 5.92 Å². The first-order valence-electron chi connectivity index (χ1n) is 7.69. The molecule has 0 radical (unpaired) electrons. The highest BCUT2D eigenvalue weighted by atomic mass is 35.5. The summed E-state index contributed by atoms with van der Waals surface area (Å²) in [6.45, 7) is 0.834. The molecule has 1 aromatic rings. The Bertz CT molecular complexity index is 454. The van der Waals surface area contributed by atoms with Gasteiger partial charge >= 0.3 is 0 Å². The number of nitrogens with zero attached hydrogens (tertiary/aromatic N) is 1. The number of halogens is 1. The van der Waals surface area contributed by atoms with E-state index in [0.29, 0.717) is 10.9 Å². The summed E-state index contributed by atoms with van der Waals surface area (Å²) in [7, 11) is 0. The quantitative estimate of drug-likeness (QED) is 0.901. The van der Waals surface area contributed by atoms with E-state index in [0.717, 1.165) is 25.0 Å². The second-order valence-corrected chi connectivity index (χ2v) is 6.68. The molecular formula is C16H23ClN2O. The van der Waals surface area contributed by atoms with Crippen LogP contribution in [0.1, 0.15) is 56.6 Å². The van der Waals surface area contributed by atoms with Crippen molar-refractivity contribution in [3.8, 4) is 0 Å². The second-order valence-electron chi connectivity index (χ2n) is 6.27. The maximum Gasteiger partial charge on any atom is 0.0685 e. The molecule has 1 saturated carbocycles. The fraction of sp³-hybridized carbons (Fsp3) is 0.688. The Morgan fingerprint density at radius 2 is 2.15 bits per heavy atom. The first-order valence-corrected chi connectivity index (χ1v) is 8.07. The van der Waals surface area contributed by atoms with Crippen molar-refractivity contribution in [2.75, 3.05) is 6.61 Å². The fourth-order valence-electron chi connectivity index (χ4n) is 3.83. The van der Waals surface area contributed by atoms with Gasteiger partial charge in [-0.05, 0) is 43.2 Å². The van der Waals surface area contributed by atoms with E-state index in [1.807, 2.05) is 6.07 Å². The molecule has 4 heteroatoms. The zero-order chi connectivity index (χ0) is 14.0. The van der Waals surface area contributed by atoms with E-state index >= 15 is 0 Å². The first-order chi connectivity index (χ1) is 9.70. The van der Waals surface area contributed by atoms with Crippen LogP contribution in [0.15, 0.2) is 18.5 Å². The maximum atomic E-state index is 6.49. The molecule has 2 aliphatic rings. The van der Waals surface area contributed by atoms with Gasteiger partial charge in [-0.1, -0.05) is 30.9 Å². The number of nitrogens with two attached hydrogens (primary N) is 1. The lowest BCUT2D eigenvalue weighted by Gasteiger charge is -2.45. The van der Waals surface area contributed by atoms with Gasteiger partial charge in [0.2, 0.25) is 0 Å². The Hall–Kier alpha value is -0.640. The van der Waals surface area contributed by atoms with Crippen molar-refractivity contribution in [3.63, 3.8) is 0 Å². The van der Waals surface area contributed by atoms with Crippen LogP contribution in [0.25, 0.3) is 0 Å². The molecule has 20 heavy (non-hydrogen) atoms. The normalized spacial score (nSPS) is 27.4. The summed E-state index contributed by atoms with van der Waals surface area (Å²) in [5.41, 5.74) is 7.62. The summed E-state index contributed by atoms with van der Waals surface area (Å²) in [6.07, 6.45) is 11.9. The minimum absolute atomic E-state index is 0.00629. The van der Waals surface area contributed by atoms with Gasteiger partial charge in [0.1, 0.15) is 0 Å². The largest absolute Gasteiger partial charge is 0.375 e. The number of ether oxygens (including phenoxy) is 1. The lowest BCUT2D eigenvalue weighted by molar-refractivity contribution is -0.120. The number of rotatable bonds is 2. The van der Waals surface area contributed by atoms with Gasteiger partial charge in [0.05, 0.1) is 10.6 Å². The zero-order valence-electron chi connectivity index (χ0n) is 11.9. The second kappa shape index (κ2) is 6.00. The summed E-state index contributed by atoms with van der Waals surface area (Å²) in [4.78, 5) is 4.04. The molecule has 1 aliphatic heterocycles. The molecule has 3 nitrogen and oxygen atoms in total. The summed E-state index contributed by atoms with van der Waals surface area (Å²) in [5, 5.41) is 0.684. The molecule has 110 valence electrons. The molecule has 2 atom stereocenters. The summed E-state index contributed by atoms with van der Waals surface area (Å²) >= 11 is 6.24. The molecule has 0 aromatic carbocycles. The molecule has 2 fully saturated rings. The first kappa shape index (κ1) is 14.3. The molecule has 3 rings (SSSR count). The van der Waals surface area contributed by atoms with Gasteiger partial charge in [-0.3, -0.25) is 4.98 Å². The minimum atomic E-state index is -0.00629. The number of hydrogen-bond acceptors (Lipinski definition) is 3. The number of aromatic nitrogens is 1. The van der Waals surface area contributed by atoms with Crippen LogP contribution in [-0.2, 0) is 4.74 Å². The Morgan fingerprint density at radius 1 is 1.35 bits per heavy atom. The van der Waals surface area contributed by atoms with Crippen LogP contribution < -0.4 is 5.73 Å². The van der Waals surface area contributed by atoms with E-state index in [1.165, 1.54) is 32.1 Å². The molecule has 0 amide bonds. The van der Waals surface area contributed by atoms with Crippen LogP contribution in [0.5, 0.6) is 0 Å². The topological polar surface area (TPSA) is 48.1 Å². The molecule has 1 spiro atoms. The highest BCUT2D eigenvalue weighted by Crippen LogP contribution is 2.44. The average Bonchev–Trinajstić information content (AvgIpc) is 2.48. The monoisotopic (exact) mass is 294 g/mol. The smallest absolute Gasteiger partial charge is 0.0685 e. The van der Waals surface area contributed by atoms with Gasteiger partial charge in [0.25, 0.3) is 0 Å². The molecule has 1 aromatic heterocycles. The highest BCUT2D eigenvalue weighted by Gasteiger charge is 2.40. The van der Waals surface area contributed by atoms with E-state index in [4.69, 9.17) is 22.1 Å². The Balaban J connectivity index is 1.75. The highest BCUT2D eigenvalue weighted by molar-refractivity contribution is 6.31. The Kier molecular flexibility index (Phi) is 4.29. The van der Waals surface area contributed by atoms with Crippen LogP contribution in [-0.4, -0.2) is 17.2 Å². The van der Waals surface area contributed by atoms with Crippen molar-refractivity contribution < 1.29 is 4.74 Å². The van der Waals surface area contributed by atoms with Gasteiger partial charge in [-0.2, -0.15) is 0 Å². The SMILES string of the molecule is NC(c1ccncc1Cl)C1CCOC2(CCCCC2)C1. The minimum Gasteiger partial charge on any atom is -0.375 e. The van der Waals surface area contributed by atoms with E-state index in [1.54, 1.807) is 12.4 Å². The zero-order valence-corrected chi connectivity index (χ0v) is 12.6. The molecule has 2 unspecified atom stereocenters. The molecular weight excluding hydrogens is 272 g/mol. The summed E-state index contributed by atoms with van der Waals surface area (Å²) in [6, 6.07) is 1.95. The van der Waals surface area contributed by atoms with E-state index in [9.17, 15) is 0 Å². The predicted octanol–water partition coefficient (Wildman–Crippen LogP) is 3.86. The van der Waals surface area contributed by atoms with Crippen molar-refractivity contribution in [2.24, 2.45) is 11.7 Å². The lowest BCUT2D eigenvalue weighted by atomic mass is 9.73. The predicted molar refractivity (Wildman–Crippen MR) is 80.7 cm³/mol. The van der Waals surface area contributed by atoms with Crippen molar-refractivity contribution in [1.82, 2.24) is 4.98 Å². The molecule has 1 saturated heterocycles. The van der Waals surface area contributed by atoms with Crippen molar-refractivity contribution in [2.45, 2.75) is 56.6 Å². The van der Waals surface area contributed by atoms with Crippen LogP contribution in [0.4, 0.5) is 0 Å². The van der Waals surface area contributed by atoms with Crippen molar-refractivity contribution in [1.29, 1.82) is 0 Å². The standard InChI is InChI=1S/C16H23ClN2O/c17-14-11-19-8-4-13(14)15(18)12-5-9-20-16(10-12)6-2-1-3-7-16/h4,8,11-12,15H,1-3,5-7,9-10,18H2. The van der Waals surface area contributed by atoms with Gasteiger partial charge in [-0.15, -0.1) is 0 Å². The Morgan fingerprint density at radius 3 is 2.90 bits per heavy atom. The maximum absolute atomic E-state index is 6.49. The van der Waals surface area contributed by atoms with E-state index in [2.05, 4.69) is 4.98 Å². The summed E-state index contributed by atoms with van der Waals surface area (Å²) < 4.78 is 6.15. The van der Waals surface area contributed by atoms with Crippen LogP contribution in [0.3, 0.4) is 0 Å². The van der Waals surface area contributed by atoms with Gasteiger partial charge in [0, 0.05) is 25.0 Å². The van der Waals surface area contributed by atoms with Crippen LogP contribution >= 0.6 is 11.6 Å². The number of hydrogen-bond donors (Lipinski definition) is 1. The van der Waals surface area contributed by atoms with E-state index in [-0.39, 0.29) is 11.6 Å². The third-order valence-electron chi connectivity index (χ3n) is 4.97. The van der Waals surface area contributed by atoms with Gasteiger partial charge in [0.15, 0.2) is 0 Å². The lowest BCUT2D eigenvalue weighted by Crippen LogP contribution is -2.44. The fourth-order valence-corrected chi connectivity index (χ4v) is 4.07. The summed E-state index contributed by atoms with van der Waals surface area (Å²) in [5.74, 6) is 0.460. The number of pyridine rings is 1. The molecule has 0 bridgehead atoms. The van der Waals surface area contributed by atoms with E-state index < -0.39 is 0 Å². The molecule has 2 heterocycles. The van der Waals surface area contributed by atoms with Crippen molar-refractivity contribution in [3.05, 3.63) is 29.0 Å².